The van der Waals surface area contributed by atoms with Gasteiger partial charge in [-0.25, -0.2) is 14.3 Å². The van der Waals surface area contributed by atoms with E-state index in [1.165, 1.54) is 10.6 Å². The Balaban J connectivity index is 2.01. The van der Waals surface area contributed by atoms with E-state index in [-0.39, 0.29) is 10.6 Å². The molecular weight excluding hydrogens is 334 g/mol. The third-order valence-corrected chi connectivity index (χ3v) is 4.13. The van der Waals surface area contributed by atoms with Crippen molar-refractivity contribution in [1.82, 2.24) is 9.55 Å². The number of carbonyl (C=O) groups excluding carboxylic acids is 1. The summed E-state index contributed by atoms with van der Waals surface area (Å²) >= 11 is 0. The summed E-state index contributed by atoms with van der Waals surface area (Å²) in [6, 6.07) is 5.05. The maximum Gasteiger partial charge on any atom is 0.420 e. The number of aromatic nitrogens is 2. The van der Waals surface area contributed by atoms with Crippen LogP contribution in [0.3, 0.4) is 0 Å². The first-order valence-corrected chi connectivity index (χ1v) is 8.44. The van der Waals surface area contributed by atoms with Crippen molar-refractivity contribution < 1.29 is 14.5 Å². The summed E-state index contributed by atoms with van der Waals surface area (Å²) in [6.45, 7) is 7.14. The van der Waals surface area contributed by atoms with Gasteiger partial charge in [0.15, 0.2) is 0 Å². The third kappa shape index (κ3) is 3.37. The summed E-state index contributed by atoms with van der Waals surface area (Å²) in [7, 11) is 0. The van der Waals surface area contributed by atoms with E-state index in [0.717, 1.165) is 11.1 Å². The van der Waals surface area contributed by atoms with Gasteiger partial charge in [-0.1, -0.05) is 18.2 Å². The smallest absolute Gasteiger partial charge is 0.420 e. The van der Waals surface area contributed by atoms with Crippen LogP contribution < -0.4 is 0 Å². The van der Waals surface area contributed by atoms with Gasteiger partial charge < -0.3 is 4.74 Å². The molecule has 2 aromatic rings. The fourth-order valence-electron chi connectivity index (χ4n) is 3.07. The van der Waals surface area contributed by atoms with Gasteiger partial charge in [0.2, 0.25) is 0 Å². The lowest BCUT2D eigenvalue weighted by Crippen LogP contribution is -2.27. The average molecular weight is 355 g/mol. The number of ether oxygens (including phenoxy) is 1. The molecular formula is C19H21N3O4. The predicted molar refractivity (Wildman–Crippen MR) is 97.1 cm³/mol. The molecule has 0 saturated heterocycles. The van der Waals surface area contributed by atoms with Gasteiger partial charge in [0.1, 0.15) is 11.4 Å². The first-order valence-electron chi connectivity index (χ1n) is 8.44. The Morgan fingerprint density at radius 1 is 1.35 bits per heavy atom. The van der Waals surface area contributed by atoms with Gasteiger partial charge >= 0.3 is 6.09 Å². The first kappa shape index (κ1) is 17.8. The average Bonchev–Trinajstić information content (AvgIpc) is 2.93. The molecule has 26 heavy (non-hydrogen) atoms. The highest BCUT2D eigenvalue weighted by molar-refractivity contribution is 5.83. The molecule has 1 aromatic heterocycles. The molecule has 0 aliphatic heterocycles. The van der Waals surface area contributed by atoms with E-state index in [0.29, 0.717) is 29.9 Å². The Morgan fingerprint density at radius 2 is 2.08 bits per heavy atom. The van der Waals surface area contributed by atoms with Crippen molar-refractivity contribution in [1.29, 1.82) is 0 Å². The molecule has 0 atom stereocenters. The quantitative estimate of drug-likeness (QED) is 0.593. The number of fused-ring (bicyclic) bond motifs is 1. The second kappa shape index (κ2) is 6.40. The summed E-state index contributed by atoms with van der Waals surface area (Å²) in [5.41, 5.74) is 2.43. The Kier molecular flexibility index (Phi) is 4.39. The van der Waals surface area contributed by atoms with Crippen molar-refractivity contribution >= 4 is 17.4 Å². The minimum atomic E-state index is -0.606. The van der Waals surface area contributed by atoms with Crippen LogP contribution in [0.4, 0.5) is 10.5 Å². The number of aryl methyl sites for hydroxylation is 1. The molecule has 1 aliphatic carbocycles. The number of nitro groups is 1. The molecule has 7 nitrogen and oxygen atoms in total. The molecule has 136 valence electrons. The van der Waals surface area contributed by atoms with E-state index in [9.17, 15) is 14.9 Å². The Morgan fingerprint density at radius 3 is 2.73 bits per heavy atom. The molecule has 1 heterocycles. The first-order chi connectivity index (χ1) is 12.2. The summed E-state index contributed by atoms with van der Waals surface area (Å²) in [5.74, 6) is 0.507. The lowest BCUT2D eigenvalue weighted by Gasteiger charge is -2.19. The molecule has 0 bridgehead atoms. The molecule has 0 amide bonds. The highest BCUT2D eigenvalue weighted by Gasteiger charge is 2.25. The minimum absolute atomic E-state index is 0.122. The summed E-state index contributed by atoms with van der Waals surface area (Å²) in [6.07, 6.45) is 4.44. The fraction of sp³-hybridized carbons (Fsp3) is 0.368. The number of benzene rings is 1. The molecule has 7 heteroatoms. The van der Waals surface area contributed by atoms with Crippen LogP contribution >= 0.6 is 0 Å². The lowest BCUT2D eigenvalue weighted by molar-refractivity contribution is -0.385. The molecule has 0 saturated carbocycles. The maximum absolute atomic E-state index is 12.4. The number of rotatable bonds is 2. The molecule has 1 aromatic carbocycles. The van der Waals surface area contributed by atoms with Gasteiger partial charge in [-0.05, 0) is 46.1 Å². The number of hydrogen-bond acceptors (Lipinski definition) is 5. The van der Waals surface area contributed by atoms with Crippen molar-refractivity contribution in [3.8, 4) is 0 Å². The number of nitrogens with zero attached hydrogens (tertiary/aromatic N) is 3. The van der Waals surface area contributed by atoms with Gasteiger partial charge in [0, 0.05) is 23.4 Å². The van der Waals surface area contributed by atoms with Crippen LogP contribution in [0.5, 0.6) is 0 Å². The van der Waals surface area contributed by atoms with Gasteiger partial charge in [-0.2, -0.15) is 0 Å². The van der Waals surface area contributed by atoms with E-state index in [2.05, 4.69) is 4.98 Å². The Hall–Kier alpha value is -2.96. The normalized spacial score (nSPS) is 13.8. The number of carbonyl (C=O) groups is 1. The summed E-state index contributed by atoms with van der Waals surface area (Å²) in [4.78, 5) is 27.8. The minimum Gasteiger partial charge on any atom is -0.443 e. The molecule has 3 rings (SSSR count). The molecule has 0 unspecified atom stereocenters. The summed E-state index contributed by atoms with van der Waals surface area (Å²) < 4.78 is 6.77. The number of nitro benzene ring substituents is 1. The maximum atomic E-state index is 12.4. The van der Waals surface area contributed by atoms with Crippen molar-refractivity contribution in [2.45, 2.75) is 46.1 Å². The van der Waals surface area contributed by atoms with E-state index in [1.807, 2.05) is 12.1 Å². The van der Waals surface area contributed by atoms with Crippen molar-refractivity contribution in [2.24, 2.45) is 0 Å². The number of imidazole rings is 1. The van der Waals surface area contributed by atoms with Crippen LogP contribution in [0, 0.1) is 17.0 Å². The van der Waals surface area contributed by atoms with E-state index >= 15 is 0 Å². The van der Waals surface area contributed by atoms with Gasteiger partial charge in [0.05, 0.1) is 10.6 Å². The van der Waals surface area contributed by atoms with Gasteiger partial charge in [-0.15, -0.1) is 0 Å². The van der Waals surface area contributed by atoms with Crippen LogP contribution in [0.25, 0.3) is 5.57 Å². The molecule has 0 spiro atoms. The number of allylic oxidation sites excluding steroid dienone is 1. The third-order valence-electron chi connectivity index (χ3n) is 4.13. The van der Waals surface area contributed by atoms with E-state index < -0.39 is 11.7 Å². The lowest BCUT2D eigenvalue weighted by atomic mass is 9.88. The van der Waals surface area contributed by atoms with Crippen LogP contribution in [-0.4, -0.2) is 26.2 Å². The van der Waals surface area contributed by atoms with Gasteiger partial charge in [-0.3, -0.25) is 10.1 Å². The zero-order valence-corrected chi connectivity index (χ0v) is 15.3. The zero-order chi connectivity index (χ0) is 19.1. The largest absolute Gasteiger partial charge is 0.443 e. The predicted octanol–water partition coefficient (Wildman–Crippen LogP) is 4.26. The molecule has 0 radical (unpaired) electrons. The SMILES string of the molecule is Cc1nc(C2=CCCc3c2cccc3[N+](=O)[O-])cn1C(=O)OC(C)(C)C. The zero-order valence-electron chi connectivity index (χ0n) is 15.3. The highest BCUT2D eigenvalue weighted by Crippen LogP contribution is 2.35. The van der Waals surface area contributed by atoms with Crippen LogP contribution in [-0.2, 0) is 11.2 Å². The van der Waals surface area contributed by atoms with Gasteiger partial charge in [0.25, 0.3) is 5.69 Å². The molecule has 0 fully saturated rings. The Labute approximate surface area is 151 Å². The van der Waals surface area contributed by atoms with Crippen LogP contribution in [0.2, 0.25) is 0 Å². The standard InChI is InChI=1S/C19H21N3O4/c1-12-20-16(11-21(12)18(23)26-19(2,3)4)14-8-5-9-15-13(14)7-6-10-17(15)22(24)25/h6-8,10-11H,5,9H2,1-4H3. The second-order valence-corrected chi connectivity index (χ2v) is 7.24. The van der Waals surface area contributed by atoms with Crippen molar-refractivity contribution in [3.05, 3.63) is 63.2 Å². The molecule has 0 N–H and O–H groups in total. The van der Waals surface area contributed by atoms with Crippen LogP contribution in [0.1, 0.15) is 49.8 Å². The van der Waals surface area contributed by atoms with Crippen molar-refractivity contribution in [3.63, 3.8) is 0 Å². The van der Waals surface area contributed by atoms with Crippen molar-refractivity contribution in [2.75, 3.05) is 0 Å². The van der Waals surface area contributed by atoms with E-state index in [4.69, 9.17) is 4.74 Å². The molecule has 1 aliphatic rings. The monoisotopic (exact) mass is 355 g/mol. The topological polar surface area (TPSA) is 87.3 Å². The summed E-state index contributed by atoms with van der Waals surface area (Å²) in [5, 5.41) is 11.3. The van der Waals surface area contributed by atoms with Crippen LogP contribution in [0.15, 0.2) is 30.5 Å². The highest BCUT2D eigenvalue weighted by atomic mass is 16.6. The Bertz CT molecular complexity index is 919. The fourth-order valence-corrected chi connectivity index (χ4v) is 3.07. The second-order valence-electron chi connectivity index (χ2n) is 7.24. The van der Waals surface area contributed by atoms with E-state index in [1.54, 1.807) is 40.0 Å². The number of hydrogen-bond donors (Lipinski definition) is 0.